The van der Waals surface area contributed by atoms with Crippen LogP contribution in [0.1, 0.15) is 0 Å². The molecule has 3 aromatic heterocycles. The Balaban J connectivity index is 2.58. The molecule has 1 N–H and O–H groups in total. The van der Waals surface area contributed by atoms with Gasteiger partial charge in [0.1, 0.15) is 0 Å². The molecule has 0 spiro atoms. The van der Waals surface area contributed by atoms with Gasteiger partial charge in [0.05, 0.1) is 5.52 Å². The summed E-state index contributed by atoms with van der Waals surface area (Å²) in [6.45, 7) is 0. The van der Waals surface area contributed by atoms with Crippen molar-refractivity contribution in [2.45, 2.75) is 0 Å². The van der Waals surface area contributed by atoms with Gasteiger partial charge in [-0.15, -0.1) is 5.10 Å². The van der Waals surface area contributed by atoms with Crippen molar-refractivity contribution in [3.05, 3.63) is 45.3 Å². The van der Waals surface area contributed by atoms with Crippen molar-refractivity contribution in [2.24, 2.45) is 0 Å². The van der Waals surface area contributed by atoms with Crippen LogP contribution in [0.5, 0.6) is 0 Å². The minimum absolute atomic E-state index is 0.134. The zero-order valence-electron chi connectivity index (χ0n) is 7.57. The first-order valence-corrected chi connectivity index (χ1v) is 5.20. The van der Waals surface area contributed by atoms with Crippen LogP contribution in [0.25, 0.3) is 16.6 Å². The summed E-state index contributed by atoms with van der Waals surface area (Å²) >= 11 is 3.40. The van der Waals surface area contributed by atoms with E-state index in [1.54, 1.807) is 10.6 Å². The van der Waals surface area contributed by atoms with E-state index in [2.05, 4.69) is 26.0 Å². The van der Waals surface area contributed by atoms with Gasteiger partial charge < -0.3 is 4.98 Å². The number of hydrogen-bond donors (Lipinski definition) is 1. The maximum absolute atomic E-state index is 11.1. The van der Waals surface area contributed by atoms with E-state index in [9.17, 15) is 4.79 Å². The van der Waals surface area contributed by atoms with E-state index < -0.39 is 0 Å². The lowest BCUT2D eigenvalue weighted by Gasteiger charge is -1.92. The molecule has 0 radical (unpaired) electrons. The highest BCUT2D eigenvalue weighted by atomic mass is 79.9. The van der Waals surface area contributed by atoms with Crippen LogP contribution in [0.4, 0.5) is 0 Å². The lowest BCUT2D eigenvalue weighted by molar-refractivity contribution is 0.966. The number of hydrogen-bond acceptors (Lipinski definition) is 2. The maximum atomic E-state index is 11.1. The van der Waals surface area contributed by atoms with Crippen LogP contribution in [0.3, 0.4) is 0 Å². The number of halogens is 1. The topological polar surface area (TPSA) is 50.2 Å². The number of nitrogens with one attached hydrogen (secondary N) is 1. The van der Waals surface area contributed by atoms with Gasteiger partial charge in [0.25, 0.3) is 0 Å². The third-order valence-electron chi connectivity index (χ3n) is 2.28. The van der Waals surface area contributed by atoms with E-state index >= 15 is 0 Å². The van der Waals surface area contributed by atoms with E-state index in [1.165, 1.54) is 6.07 Å². The van der Waals surface area contributed by atoms with Gasteiger partial charge in [0.15, 0.2) is 5.65 Å². The SMILES string of the molecule is O=c1ccc2c(nn3ccc(Br)cc23)[nH]1. The predicted molar refractivity (Wildman–Crippen MR) is 61.0 cm³/mol. The smallest absolute Gasteiger partial charge is 0.249 e. The molecule has 3 rings (SSSR count). The molecule has 5 heteroatoms. The van der Waals surface area contributed by atoms with Crippen molar-refractivity contribution in [2.75, 3.05) is 0 Å². The summed E-state index contributed by atoms with van der Waals surface area (Å²) < 4.78 is 2.73. The van der Waals surface area contributed by atoms with E-state index in [0.29, 0.717) is 5.65 Å². The molecule has 3 heterocycles. The Labute approximate surface area is 92.7 Å². The van der Waals surface area contributed by atoms with Gasteiger partial charge in [-0.25, -0.2) is 4.52 Å². The lowest BCUT2D eigenvalue weighted by Crippen LogP contribution is -2.01. The number of nitrogens with zero attached hydrogens (tertiary/aromatic N) is 2. The molecule has 0 bridgehead atoms. The highest BCUT2D eigenvalue weighted by molar-refractivity contribution is 9.10. The fourth-order valence-electron chi connectivity index (χ4n) is 1.61. The van der Waals surface area contributed by atoms with Crippen molar-refractivity contribution >= 4 is 32.5 Å². The molecule has 0 saturated heterocycles. The molecule has 0 fully saturated rings. The number of pyridine rings is 2. The number of rotatable bonds is 0. The summed E-state index contributed by atoms with van der Waals surface area (Å²) in [5.74, 6) is 0. The summed E-state index contributed by atoms with van der Waals surface area (Å²) in [5, 5.41) is 5.20. The summed E-state index contributed by atoms with van der Waals surface area (Å²) in [6, 6.07) is 7.15. The van der Waals surface area contributed by atoms with Crippen LogP contribution in [-0.4, -0.2) is 14.6 Å². The van der Waals surface area contributed by atoms with Crippen LogP contribution in [0.15, 0.2) is 39.7 Å². The molecule has 0 atom stereocenters. The van der Waals surface area contributed by atoms with Crippen molar-refractivity contribution < 1.29 is 0 Å². The fraction of sp³-hybridized carbons (Fsp3) is 0. The Bertz CT molecular complexity index is 713. The third-order valence-corrected chi connectivity index (χ3v) is 2.77. The van der Waals surface area contributed by atoms with E-state index in [0.717, 1.165) is 15.4 Å². The van der Waals surface area contributed by atoms with Gasteiger partial charge in [-0.1, -0.05) is 15.9 Å². The minimum Gasteiger partial charge on any atom is -0.305 e. The first-order chi connectivity index (χ1) is 7.24. The normalized spacial score (nSPS) is 11.3. The van der Waals surface area contributed by atoms with Crippen molar-refractivity contribution in [1.29, 1.82) is 0 Å². The third kappa shape index (κ3) is 1.27. The van der Waals surface area contributed by atoms with E-state index in [-0.39, 0.29) is 5.56 Å². The maximum Gasteiger partial charge on any atom is 0.249 e. The summed E-state index contributed by atoms with van der Waals surface area (Å²) in [5.41, 5.74) is 1.45. The second kappa shape index (κ2) is 2.93. The highest BCUT2D eigenvalue weighted by Gasteiger charge is 2.04. The molecule has 0 unspecified atom stereocenters. The number of fused-ring (bicyclic) bond motifs is 3. The van der Waals surface area contributed by atoms with Crippen LogP contribution in [0.2, 0.25) is 0 Å². The number of aromatic amines is 1. The molecule has 0 aliphatic heterocycles. The molecular formula is C10H6BrN3O. The van der Waals surface area contributed by atoms with Crippen molar-refractivity contribution in [3.8, 4) is 0 Å². The Hall–Kier alpha value is -1.62. The zero-order chi connectivity index (χ0) is 10.4. The van der Waals surface area contributed by atoms with Crippen LogP contribution in [0, 0.1) is 0 Å². The minimum atomic E-state index is -0.134. The van der Waals surface area contributed by atoms with Crippen LogP contribution >= 0.6 is 15.9 Å². The Kier molecular flexibility index (Phi) is 1.70. The van der Waals surface area contributed by atoms with E-state index in [4.69, 9.17) is 0 Å². The number of aromatic nitrogens is 3. The predicted octanol–water partition coefficient (Wildman–Crippen LogP) is 1.94. The molecule has 0 aliphatic carbocycles. The average molecular weight is 264 g/mol. The summed E-state index contributed by atoms with van der Waals surface area (Å²) in [4.78, 5) is 13.8. The molecule has 74 valence electrons. The van der Waals surface area contributed by atoms with Crippen LogP contribution in [-0.2, 0) is 0 Å². The highest BCUT2D eigenvalue weighted by Crippen LogP contribution is 2.19. The lowest BCUT2D eigenvalue weighted by atomic mass is 10.3. The second-order valence-electron chi connectivity index (χ2n) is 3.26. The molecule has 0 saturated carbocycles. The van der Waals surface area contributed by atoms with Gasteiger partial charge >= 0.3 is 0 Å². The van der Waals surface area contributed by atoms with Gasteiger partial charge in [0, 0.05) is 22.1 Å². The Morgan fingerprint density at radius 2 is 2.20 bits per heavy atom. The molecular weight excluding hydrogens is 258 g/mol. The largest absolute Gasteiger partial charge is 0.305 e. The van der Waals surface area contributed by atoms with Gasteiger partial charge in [0.2, 0.25) is 5.56 Å². The molecule has 0 aliphatic rings. The van der Waals surface area contributed by atoms with E-state index in [1.807, 2.05) is 18.3 Å². The van der Waals surface area contributed by atoms with Crippen molar-refractivity contribution in [1.82, 2.24) is 14.6 Å². The van der Waals surface area contributed by atoms with Crippen molar-refractivity contribution in [3.63, 3.8) is 0 Å². The molecule has 15 heavy (non-hydrogen) atoms. The summed E-state index contributed by atoms with van der Waals surface area (Å²) in [6.07, 6.45) is 1.84. The molecule has 0 aromatic carbocycles. The van der Waals surface area contributed by atoms with Gasteiger partial charge in [-0.3, -0.25) is 4.79 Å². The fourth-order valence-corrected chi connectivity index (χ4v) is 1.95. The zero-order valence-corrected chi connectivity index (χ0v) is 9.15. The molecule has 0 amide bonds. The Morgan fingerprint density at radius 1 is 1.33 bits per heavy atom. The van der Waals surface area contributed by atoms with Crippen LogP contribution < -0.4 is 5.56 Å². The Morgan fingerprint density at radius 3 is 3.07 bits per heavy atom. The second-order valence-corrected chi connectivity index (χ2v) is 4.18. The average Bonchev–Trinajstić information content (AvgIpc) is 2.54. The standard InChI is InChI=1S/C10H6BrN3O/c11-6-3-4-14-8(5-6)7-1-2-9(15)12-10(7)13-14/h1-5H,(H,12,13,15). The number of H-pyrrole nitrogens is 1. The summed E-state index contributed by atoms with van der Waals surface area (Å²) in [7, 11) is 0. The molecule has 3 aromatic rings. The quantitative estimate of drug-likeness (QED) is 0.674. The first kappa shape index (κ1) is 8.67. The first-order valence-electron chi connectivity index (χ1n) is 4.41. The van der Waals surface area contributed by atoms with Gasteiger partial charge in [-0.2, -0.15) is 0 Å². The monoisotopic (exact) mass is 263 g/mol. The molecule has 4 nitrogen and oxygen atoms in total. The van der Waals surface area contributed by atoms with Gasteiger partial charge in [-0.05, 0) is 18.2 Å².